The van der Waals surface area contributed by atoms with Crippen LogP contribution >= 0.6 is 0 Å². The number of nitrogens with zero attached hydrogens (tertiary/aromatic N) is 2. The predicted molar refractivity (Wildman–Crippen MR) is 76.9 cm³/mol. The van der Waals surface area contributed by atoms with Gasteiger partial charge in [-0.25, -0.2) is 4.79 Å². The van der Waals surface area contributed by atoms with Crippen LogP contribution in [0.3, 0.4) is 0 Å². The highest BCUT2D eigenvalue weighted by Crippen LogP contribution is 2.28. The first-order chi connectivity index (χ1) is 9.69. The van der Waals surface area contributed by atoms with Crippen molar-refractivity contribution in [2.75, 3.05) is 6.61 Å². The van der Waals surface area contributed by atoms with E-state index in [0.29, 0.717) is 18.1 Å². The monoisotopic (exact) mass is 268 g/mol. The fourth-order valence-electron chi connectivity index (χ4n) is 2.19. The molecule has 102 valence electrons. The molecule has 2 rings (SSSR count). The van der Waals surface area contributed by atoms with Crippen molar-refractivity contribution < 1.29 is 9.53 Å². The molecule has 0 radical (unpaired) electrons. The zero-order valence-corrected chi connectivity index (χ0v) is 11.5. The van der Waals surface area contributed by atoms with E-state index in [1.165, 1.54) is 0 Å². The van der Waals surface area contributed by atoms with Gasteiger partial charge in [0.1, 0.15) is 6.04 Å². The lowest BCUT2D eigenvalue weighted by atomic mass is 10.1. The maximum Gasteiger partial charge on any atom is 0.376 e. The van der Waals surface area contributed by atoms with Crippen molar-refractivity contribution in [2.24, 2.45) is 0 Å². The van der Waals surface area contributed by atoms with Crippen molar-refractivity contribution >= 4 is 11.8 Å². The van der Waals surface area contributed by atoms with Gasteiger partial charge < -0.3 is 9.58 Å². The smallest absolute Gasteiger partial charge is 0.376 e. The minimum atomic E-state index is -0.398. The molecule has 1 aromatic carbocycles. The number of hydrogen-bond acceptors (Lipinski definition) is 2. The molecule has 0 saturated carbocycles. The van der Waals surface area contributed by atoms with Gasteiger partial charge in [0.15, 0.2) is 5.69 Å². The van der Waals surface area contributed by atoms with E-state index in [9.17, 15) is 4.79 Å². The van der Waals surface area contributed by atoms with Gasteiger partial charge in [-0.3, -0.25) is 4.57 Å². The number of hydrogen-bond donors (Lipinski definition) is 0. The Balaban J connectivity index is 2.47. The Morgan fingerprint density at radius 2 is 2.00 bits per heavy atom. The number of rotatable bonds is 4. The molecule has 4 heteroatoms. The molecule has 1 heterocycles. The summed E-state index contributed by atoms with van der Waals surface area (Å²) in [5, 5.41) is 0. The first-order valence-corrected chi connectivity index (χ1v) is 6.49. The Hall–Kier alpha value is -2.54. The van der Waals surface area contributed by atoms with Crippen molar-refractivity contribution in [1.82, 2.24) is 4.57 Å². The van der Waals surface area contributed by atoms with Crippen LogP contribution in [0.25, 0.3) is 4.85 Å². The minimum absolute atomic E-state index is 0.102. The van der Waals surface area contributed by atoms with E-state index in [4.69, 9.17) is 11.3 Å². The van der Waals surface area contributed by atoms with Gasteiger partial charge in [-0.1, -0.05) is 36.9 Å². The molecular formula is C16H16N2O2. The number of aromatic nitrogens is 1. The van der Waals surface area contributed by atoms with Crippen molar-refractivity contribution in [1.29, 1.82) is 0 Å². The molecule has 0 fully saturated rings. The van der Waals surface area contributed by atoms with Crippen LogP contribution in [0.5, 0.6) is 0 Å². The first kappa shape index (κ1) is 13.9. The lowest BCUT2D eigenvalue weighted by Gasteiger charge is -2.15. The van der Waals surface area contributed by atoms with Crippen LogP contribution in [0.4, 0.5) is 5.82 Å². The van der Waals surface area contributed by atoms with Crippen molar-refractivity contribution in [3.05, 3.63) is 65.1 Å². The van der Waals surface area contributed by atoms with E-state index in [0.717, 1.165) is 5.56 Å². The van der Waals surface area contributed by atoms with Gasteiger partial charge in [-0.15, -0.1) is 0 Å². The van der Waals surface area contributed by atoms with Gasteiger partial charge in [-0.05, 0) is 31.5 Å². The molecule has 0 N–H and O–H groups in total. The lowest BCUT2D eigenvalue weighted by molar-refractivity contribution is 0.0513. The molecule has 0 amide bonds. The summed E-state index contributed by atoms with van der Waals surface area (Å²) in [5.41, 5.74) is 1.45. The maximum absolute atomic E-state index is 12.0. The largest absolute Gasteiger partial charge is 0.460 e. The second-order valence-corrected chi connectivity index (χ2v) is 4.37. The molecule has 0 unspecified atom stereocenters. The Kier molecular flexibility index (Phi) is 4.21. The molecule has 1 aromatic heterocycles. The van der Waals surface area contributed by atoms with Crippen LogP contribution in [-0.2, 0) is 4.74 Å². The van der Waals surface area contributed by atoms with Crippen LogP contribution in [0.15, 0.2) is 42.5 Å². The van der Waals surface area contributed by atoms with Gasteiger partial charge >= 0.3 is 5.97 Å². The van der Waals surface area contributed by atoms with Crippen LogP contribution < -0.4 is 0 Å². The molecule has 4 nitrogen and oxygen atoms in total. The molecule has 2 aromatic rings. The molecule has 0 aliphatic rings. The minimum Gasteiger partial charge on any atom is -0.460 e. The number of benzene rings is 1. The van der Waals surface area contributed by atoms with Gasteiger partial charge in [-0.2, -0.15) is 0 Å². The van der Waals surface area contributed by atoms with Gasteiger partial charge in [0, 0.05) is 0 Å². The average molecular weight is 268 g/mol. The zero-order valence-electron chi connectivity index (χ0n) is 11.5. The summed E-state index contributed by atoms with van der Waals surface area (Å²) >= 11 is 0. The molecular weight excluding hydrogens is 252 g/mol. The molecule has 0 aliphatic carbocycles. The van der Waals surface area contributed by atoms with Crippen molar-refractivity contribution in [3.8, 4) is 0 Å². The average Bonchev–Trinajstić information content (AvgIpc) is 2.91. The quantitative estimate of drug-likeness (QED) is 0.624. The summed E-state index contributed by atoms with van der Waals surface area (Å²) in [7, 11) is 0. The van der Waals surface area contributed by atoms with Gasteiger partial charge in [0.05, 0.1) is 6.61 Å². The summed E-state index contributed by atoms with van der Waals surface area (Å²) in [6.07, 6.45) is 0. The second-order valence-electron chi connectivity index (χ2n) is 4.37. The number of carbonyl (C=O) groups excluding carboxylic acids is 1. The predicted octanol–water partition coefficient (Wildman–Crippen LogP) is 3.82. The molecule has 1 atom stereocenters. The third kappa shape index (κ3) is 2.57. The zero-order chi connectivity index (χ0) is 14.5. The molecule has 0 spiro atoms. The van der Waals surface area contributed by atoms with Crippen molar-refractivity contribution in [3.63, 3.8) is 0 Å². The van der Waals surface area contributed by atoms with Crippen LogP contribution in [0.2, 0.25) is 0 Å². The summed E-state index contributed by atoms with van der Waals surface area (Å²) in [5.74, 6) is 0.0367. The van der Waals surface area contributed by atoms with Crippen LogP contribution in [-0.4, -0.2) is 17.1 Å². The molecule has 0 bridgehead atoms. The van der Waals surface area contributed by atoms with E-state index < -0.39 is 5.97 Å². The SMILES string of the molecule is [C-]#[N+]c1ccc(C(=O)OCC)n1[C@H](C)c1ccccc1. The van der Waals surface area contributed by atoms with E-state index in [1.54, 1.807) is 23.6 Å². The number of carbonyl (C=O) groups is 1. The highest BCUT2D eigenvalue weighted by molar-refractivity contribution is 5.89. The first-order valence-electron chi connectivity index (χ1n) is 6.49. The van der Waals surface area contributed by atoms with E-state index in [2.05, 4.69) is 4.85 Å². The fourth-order valence-corrected chi connectivity index (χ4v) is 2.19. The topological polar surface area (TPSA) is 35.6 Å². The normalized spacial score (nSPS) is 11.7. The summed E-state index contributed by atoms with van der Waals surface area (Å²) in [6.45, 7) is 11.3. The highest BCUT2D eigenvalue weighted by Gasteiger charge is 2.23. The van der Waals surface area contributed by atoms with Gasteiger partial charge in [0.25, 0.3) is 0 Å². The van der Waals surface area contributed by atoms with E-state index in [-0.39, 0.29) is 6.04 Å². The Morgan fingerprint density at radius 3 is 2.60 bits per heavy atom. The van der Waals surface area contributed by atoms with E-state index in [1.807, 2.05) is 37.3 Å². The second kappa shape index (κ2) is 6.07. The summed E-state index contributed by atoms with van der Waals surface area (Å²) in [4.78, 5) is 15.5. The number of esters is 1. The third-order valence-electron chi connectivity index (χ3n) is 3.17. The Labute approximate surface area is 118 Å². The maximum atomic E-state index is 12.0. The third-order valence-corrected chi connectivity index (χ3v) is 3.17. The summed E-state index contributed by atoms with van der Waals surface area (Å²) in [6, 6.07) is 13.0. The lowest BCUT2D eigenvalue weighted by Crippen LogP contribution is -2.15. The van der Waals surface area contributed by atoms with Gasteiger partial charge in [0.2, 0.25) is 5.82 Å². The van der Waals surface area contributed by atoms with E-state index >= 15 is 0 Å². The fraction of sp³-hybridized carbons (Fsp3) is 0.250. The van der Waals surface area contributed by atoms with Crippen LogP contribution in [0.1, 0.15) is 35.9 Å². The Bertz CT molecular complexity index is 638. The standard InChI is InChI=1S/C16H16N2O2/c1-4-20-16(19)14-10-11-15(17-3)18(14)12(2)13-8-6-5-7-9-13/h5-12H,4H2,1-2H3/t12-/m1/s1. The molecule has 20 heavy (non-hydrogen) atoms. The Morgan fingerprint density at radius 1 is 1.30 bits per heavy atom. The van der Waals surface area contributed by atoms with Crippen LogP contribution in [0, 0.1) is 6.57 Å². The number of ether oxygens (including phenoxy) is 1. The highest BCUT2D eigenvalue weighted by atomic mass is 16.5. The molecule has 0 aliphatic heterocycles. The van der Waals surface area contributed by atoms with Crippen molar-refractivity contribution in [2.45, 2.75) is 19.9 Å². The molecule has 0 saturated heterocycles. The summed E-state index contributed by atoms with van der Waals surface area (Å²) < 4.78 is 6.77.